The lowest BCUT2D eigenvalue weighted by molar-refractivity contribution is 0.898. The molecule has 0 aliphatic heterocycles. The van der Waals surface area contributed by atoms with E-state index in [1.165, 1.54) is 25.0 Å². The van der Waals surface area contributed by atoms with Gasteiger partial charge in [0.1, 0.15) is 0 Å². The second-order valence-electron chi connectivity index (χ2n) is 2.37. The minimum Gasteiger partial charge on any atom is -0.0964 e. The predicted molar refractivity (Wildman–Crippen MR) is 70.1 cm³/mol. The molecule has 0 aliphatic rings. The molecule has 0 rings (SSSR count). The van der Waals surface area contributed by atoms with E-state index in [1.54, 1.807) is 0 Å². The zero-order valence-electron chi connectivity index (χ0n) is 8.04. The van der Waals surface area contributed by atoms with Crippen LogP contribution in [0.5, 0.6) is 0 Å². The second kappa shape index (κ2) is 10.5. The van der Waals surface area contributed by atoms with E-state index in [0.717, 1.165) is 4.58 Å². The van der Waals surface area contributed by atoms with Crippen LogP contribution in [0.4, 0.5) is 0 Å². The predicted octanol–water partition coefficient (Wildman–Crippen LogP) is 4.92. The summed E-state index contributed by atoms with van der Waals surface area (Å²) in [7, 11) is 7.95. The van der Waals surface area contributed by atoms with Crippen LogP contribution in [0, 0.1) is 0 Å². The summed E-state index contributed by atoms with van der Waals surface area (Å²) in [6.07, 6.45) is 6.11. The molecule has 1 atom stereocenters. The van der Waals surface area contributed by atoms with Gasteiger partial charge in [-0.2, -0.15) is 0 Å². The highest BCUT2D eigenvalue weighted by Crippen LogP contribution is 2.40. The van der Waals surface area contributed by atoms with E-state index in [4.69, 9.17) is 0 Å². The molecule has 0 N–H and O–H groups in total. The van der Waals surface area contributed by atoms with Crippen molar-refractivity contribution in [3.63, 3.8) is 0 Å². The summed E-state index contributed by atoms with van der Waals surface area (Å²) in [5.41, 5.74) is 0. The smallest absolute Gasteiger partial charge is 0.0706 e. The zero-order valence-corrected chi connectivity index (χ0v) is 11.3. The van der Waals surface area contributed by atoms with Crippen LogP contribution in [0.3, 0.4) is 0 Å². The van der Waals surface area contributed by atoms with Gasteiger partial charge in [-0.05, 0) is 19.1 Å². The molecule has 0 bridgehead atoms. The zero-order chi connectivity index (χ0) is 9.23. The maximum Gasteiger partial charge on any atom is 0.0706 e. The van der Waals surface area contributed by atoms with Crippen LogP contribution in [0.1, 0.15) is 33.1 Å². The largest absolute Gasteiger partial charge is 0.0964 e. The van der Waals surface area contributed by atoms with E-state index < -0.39 is 0 Å². The number of hydrogen-bond acceptors (Lipinski definition) is 4. The number of unbranched alkanes of at least 4 members (excludes halogenated alkanes) is 1. The Morgan fingerprint density at radius 2 is 1.92 bits per heavy atom. The summed E-state index contributed by atoms with van der Waals surface area (Å²) in [6, 6.07) is 0. The summed E-state index contributed by atoms with van der Waals surface area (Å²) in [4.78, 5) is 0. The molecule has 0 aromatic rings. The molecule has 0 aromatic carbocycles. The van der Waals surface area contributed by atoms with Gasteiger partial charge < -0.3 is 0 Å². The number of rotatable bonds is 8. The van der Waals surface area contributed by atoms with Crippen molar-refractivity contribution in [3.05, 3.63) is 0 Å². The molecule has 0 amide bonds. The molecule has 0 radical (unpaired) electrons. The highest BCUT2D eigenvalue weighted by atomic mass is 33.1. The molecule has 0 nitrogen and oxygen atoms in total. The first-order valence-corrected chi connectivity index (χ1v) is 9.33. The molecule has 4 heteroatoms. The molecule has 0 heterocycles. The molecule has 0 aromatic heterocycles. The molecule has 0 saturated carbocycles. The molecule has 0 fully saturated rings. The molecule has 12 heavy (non-hydrogen) atoms. The van der Waals surface area contributed by atoms with Crippen molar-refractivity contribution < 1.29 is 0 Å². The highest BCUT2D eigenvalue weighted by Gasteiger charge is 2.06. The quantitative estimate of drug-likeness (QED) is 0.336. The Hall–Kier alpha value is 1.40. The first kappa shape index (κ1) is 13.4. The van der Waals surface area contributed by atoms with Crippen LogP contribution in [0.2, 0.25) is 0 Å². The normalized spacial score (nSPS) is 13.2. The Morgan fingerprint density at radius 1 is 1.17 bits per heavy atom. The SMILES string of the molecule is CCCCSSC(CC)SSC. The van der Waals surface area contributed by atoms with E-state index in [9.17, 15) is 0 Å². The Kier molecular flexibility index (Phi) is 11.7. The van der Waals surface area contributed by atoms with Gasteiger partial charge in [-0.25, -0.2) is 0 Å². The topological polar surface area (TPSA) is 0 Å². The van der Waals surface area contributed by atoms with Gasteiger partial charge in [0.2, 0.25) is 0 Å². The molecule has 0 aliphatic carbocycles. The van der Waals surface area contributed by atoms with Gasteiger partial charge in [0.05, 0.1) is 4.58 Å². The first-order chi connectivity index (χ1) is 5.85. The Bertz CT molecular complexity index is 87.1. The minimum atomic E-state index is 0.779. The third-order valence-corrected chi connectivity index (χ3v) is 7.36. The fourth-order valence-electron chi connectivity index (χ4n) is 0.587. The van der Waals surface area contributed by atoms with Crippen LogP contribution >= 0.6 is 43.2 Å². The molecular weight excluding hydrogens is 224 g/mol. The average molecular weight is 242 g/mol. The Balaban J connectivity index is 3.19. The third-order valence-electron chi connectivity index (χ3n) is 1.29. The maximum absolute atomic E-state index is 2.27. The second-order valence-corrected chi connectivity index (χ2v) is 8.03. The Labute approximate surface area is 92.6 Å². The van der Waals surface area contributed by atoms with Crippen molar-refractivity contribution in [2.45, 2.75) is 37.7 Å². The summed E-state index contributed by atoms with van der Waals surface area (Å²) >= 11 is 0. The van der Waals surface area contributed by atoms with Crippen molar-refractivity contribution in [1.29, 1.82) is 0 Å². The van der Waals surface area contributed by atoms with Crippen LogP contribution in [0.15, 0.2) is 0 Å². The molecule has 0 spiro atoms. The van der Waals surface area contributed by atoms with E-state index >= 15 is 0 Å². The van der Waals surface area contributed by atoms with Gasteiger partial charge in [-0.3, -0.25) is 0 Å². The van der Waals surface area contributed by atoms with E-state index in [-0.39, 0.29) is 0 Å². The van der Waals surface area contributed by atoms with Crippen molar-refractivity contribution >= 4 is 43.2 Å². The monoisotopic (exact) mass is 242 g/mol. The minimum absolute atomic E-state index is 0.779. The van der Waals surface area contributed by atoms with Gasteiger partial charge in [0.25, 0.3) is 0 Å². The van der Waals surface area contributed by atoms with Gasteiger partial charge in [-0.1, -0.05) is 63.4 Å². The van der Waals surface area contributed by atoms with Crippen LogP contribution in [-0.2, 0) is 0 Å². The van der Waals surface area contributed by atoms with Crippen molar-refractivity contribution in [1.82, 2.24) is 0 Å². The molecule has 1 unspecified atom stereocenters. The highest BCUT2D eigenvalue weighted by molar-refractivity contribution is 8.85. The lowest BCUT2D eigenvalue weighted by Crippen LogP contribution is -1.89. The van der Waals surface area contributed by atoms with E-state index in [0.29, 0.717) is 0 Å². The van der Waals surface area contributed by atoms with Crippen molar-refractivity contribution in [2.75, 3.05) is 12.0 Å². The van der Waals surface area contributed by atoms with Crippen molar-refractivity contribution in [3.8, 4) is 0 Å². The summed E-state index contributed by atoms with van der Waals surface area (Å²) in [5, 5.41) is 0. The average Bonchev–Trinajstić information content (AvgIpc) is 2.10. The summed E-state index contributed by atoms with van der Waals surface area (Å²) < 4.78 is 0.779. The van der Waals surface area contributed by atoms with Crippen LogP contribution in [0.25, 0.3) is 0 Å². The third kappa shape index (κ3) is 8.02. The maximum atomic E-state index is 2.27. The van der Waals surface area contributed by atoms with Gasteiger partial charge in [0.15, 0.2) is 0 Å². The lowest BCUT2D eigenvalue weighted by Gasteiger charge is -2.10. The van der Waals surface area contributed by atoms with Crippen LogP contribution in [-0.4, -0.2) is 16.6 Å². The van der Waals surface area contributed by atoms with Gasteiger partial charge in [0, 0.05) is 5.75 Å². The summed E-state index contributed by atoms with van der Waals surface area (Å²) in [5.74, 6) is 1.31. The first-order valence-electron chi connectivity index (χ1n) is 4.32. The molecular formula is C8H18S4. The summed E-state index contributed by atoms with van der Waals surface area (Å²) in [6.45, 7) is 4.51. The lowest BCUT2D eigenvalue weighted by atomic mass is 10.4. The van der Waals surface area contributed by atoms with E-state index in [2.05, 4.69) is 20.1 Å². The number of hydrogen-bond donors (Lipinski definition) is 0. The molecule has 0 saturated heterocycles. The fraction of sp³-hybridized carbons (Fsp3) is 1.00. The van der Waals surface area contributed by atoms with Crippen molar-refractivity contribution in [2.24, 2.45) is 0 Å². The Morgan fingerprint density at radius 3 is 2.42 bits per heavy atom. The fourth-order valence-corrected chi connectivity index (χ4v) is 6.78. The van der Waals surface area contributed by atoms with Gasteiger partial charge in [-0.15, -0.1) is 0 Å². The molecule has 74 valence electrons. The standard InChI is InChI=1S/C8H18S4/c1-4-6-7-10-12-8(5-2)11-9-3/h8H,4-7H2,1-3H3. The van der Waals surface area contributed by atoms with Crippen LogP contribution < -0.4 is 0 Å². The van der Waals surface area contributed by atoms with Gasteiger partial charge >= 0.3 is 0 Å². The van der Waals surface area contributed by atoms with E-state index in [1.807, 2.05) is 43.2 Å².